The Balaban J connectivity index is 1.40. The van der Waals surface area contributed by atoms with Crippen molar-refractivity contribution >= 4 is 35.6 Å². The second-order valence-corrected chi connectivity index (χ2v) is 24.2. The largest absolute Gasteiger partial charge is 0.470 e. The van der Waals surface area contributed by atoms with E-state index >= 15 is 0 Å². The van der Waals surface area contributed by atoms with Gasteiger partial charge < -0.3 is 43.6 Å². The molecule has 0 bridgehead atoms. The van der Waals surface area contributed by atoms with Gasteiger partial charge in [0.05, 0.1) is 35.8 Å². The van der Waals surface area contributed by atoms with Crippen LogP contribution in [0.15, 0.2) is 67.4 Å². The molecule has 0 aromatic heterocycles. The van der Waals surface area contributed by atoms with Crippen LogP contribution in [-0.2, 0) is 43.0 Å². The minimum atomic E-state index is -1.13. The van der Waals surface area contributed by atoms with Gasteiger partial charge in [0, 0.05) is 98.6 Å². The third-order valence-corrected chi connectivity index (χ3v) is 15.2. The van der Waals surface area contributed by atoms with Gasteiger partial charge in [-0.25, -0.2) is 14.4 Å². The van der Waals surface area contributed by atoms with Crippen molar-refractivity contribution in [3.63, 3.8) is 0 Å². The Hall–Kier alpha value is -6.87. The number of carbonyl (C=O) groups excluding carboxylic acids is 6. The van der Waals surface area contributed by atoms with E-state index in [1.54, 1.807) is 42.3 Å². The molecule has 3 amide bonds. The summed E-state index contributed by atoms with van der Waals surface area (Å²) < 4.78 is 17.7. The molecule has 6 aliphatic rings. The molecule has 6 rings (SSSR count). The normalized spacial score (nSPS) is 22.1. The van der Waals surface area contributed by atoms with Gasteiger partial charge in [-0.15, -0.1) is 0 Å². The molecule has 0 spiro atoms. The van der Waals surface area contributed by atoms with Crippen molar-refractivity contribution < 1.29 is 43.0 Å². The van der Waals surface area contributed by atoms with Crippen LogP contribution in [0, 0.1) is 51.4 Å². The summed E-state index contributed by atoms with van der Waals surface area (Å²) in [4.78, 5) is 99.8. The summed E-state index contributed by atoms with van der Waals surface area (Å²) in [6.45, 7) is 23.1. The minimum Gasteiger partial charge on any atom is -0.470 e. The first-order valence-electron chi connectivity index (χ1n) is 26.7. The molecular formula is C58H79N9O9. The van der Waals surface area contributed by atoms with Crippen LogP contribution in [0.3, 0.4) is 0 Å². The van der Waals surface area contributed by atoms with Gasteiger partial charge in [-0.3, -0.25) is 19.2 Å². The quantitative estimate of drug-likeness (QED) is 0.0544. The Bertz CT molecular complexity index is 2400. The molecule has 0 aromatic rings. The second kappa shape index (κ2) is 24.0. The van der Waals surface area contributed by atoms with Crippen molar-refractivity contribution in [1.29, 1.82) is 10.5 Å². The van der Waals surface area contributed by atoms with E-state index in [9.17, 15) is 39.3 Å². The SMILES string of the molecule is [C-]#[N+]/C(C(=O)OCC(COC(=O)/C(C#N)=C1\CC(C)(C)CC(N2CCCC2)=C1C(=O)N(C)C)COC(=O)/C(C#N)=C1\CC(C)(C)CC(N2CCCC2)=C1C(=O)N(C)C)=C1/CC(C)(C)CC(N2CCCC2)=C1C(=O)N(C)C. The molecule has 3 aliphatic carbocycles. The molecule has 0 aromatic carbocycles. The Kier molecular flexibility index (Phi) is 18.4. The fourth-order valence-corrected chi connectivity index (χ4v) is 11.5. The van der Waals surface area contributed by atoms with Gasteiger partial charge in [0.25, 0.3) is 23.4 Å². The van der Waals surface area contributed by atoms with Crippen LogP contribution in [0.4, 0.5) is 0 Å². The molecule has 0 unspecified atom stereocenters. The molecule has 18 heteroatoms. The smallest absolute Gasteiger partial charge is 0.349 e. The molecular weight excluding hydrogens is 967 g/mol. The summed E-state index contributed by atoms with van der Waals surface area (Å²) in [6, 6.07) is 4.08. The molecule has 3 heterocycles. The predicted octanol–water partition coefficient (Wildman–Crippen LogP) is 6.82. The predicted molar refractivity (Wildman–Crippen MR) is 284 cm³/mol. The summed E-state index contributed by atoms with van der Waals surface area (Å²) in [5.41, 5.74) is 1.54. The number of nitriles is 2. The van der Waals surface area contributed by atoms with Crippen molar-refractivity contribution in [2.24, 2.45) is 22.2 Å². The van der Waals surface area contributed by atoms with E-state index in [4.69, 9.17) is 20.8 Å². The number of ether oxygens (including phenoxy) is 3. The number of amides is 3. The van der Waals surface area contributed by atoms with E-state index in [-0.39, 0.29) is 81.7 Å². The van der Waals surface area contributed by atoms with Crippen LogP contribution < -0.4 is 0 Å². The molecule has 0 atom stereocenters. The Morgan fingerprint density at radius 3 is 1.05 bits per heavy atom. The summed E-state index contributed by atoms with van der Waals surface area (Å²) in [5.74, 6) is -5.31. The topological polar surface area (TPSA) is 201 Å². The molecule has 3 saturated heterocycles. The summed E-state index contributed by atoms with van der Waals surface area (Å²) in [5, 5.41) is 21.5. The number of hydrogen-bond donors (Lipinski definition) is 0. The van der Waals surface area contributed by atoms with Gasteiger partial charge in [-0.05, 0) is 110 Å². The fraction of sp³-hybridized carbons (Fsp3) is 0.638. The van der Waals surface area contributed by atoms with E-state index < -0.39 is 59.9 Å². The summed E-state index contributed by atoms with van der Waals surface area (Å²) in [6.07, 6.45) is 7.96. The average molecular weight is 1050 g/mol. The van der Waals surface area contributed by atoms with E-state index in [1.807, 2.05) is 53.7 Å². The lowest BCUT2D eigenvalue weighted by Crippen LogP contribution is -2.37. The lowest BCUT2D eigenvalue weighted by atomic mass is 9.72. The first-order valence-corrected chi connectivity index (χ1v) is 26.7. The first kappa shape index (κ1) is 58.4. The van der Waals surface area contributed by atoms with Crippen molar-refractivity contribution in [1.82, 2.24) is 29.4 Å². The monoisotopic (exact) mass is 1050 g/mol. The Morgan fingerprint density at radius 2 is 0.776 bits per heavy atom. The maximum Gasteiger partial charge on any atom is 0.349 e. The number of esters is 3. The van der Waals surface area contributed by atoms with Gasteiger partial charge >= 0.3 is 17.9 Å². The number of allylic oxidation sites excluding steroid dienone is 3. The van der Waals surface area contributed by atoms with Gasteiger partial charge in [0.1, 0.15) is 36.5 Å². The van der Waals surface area contributed by atoms with Crippen molar-refractivity contribution in [2.75, 3.05) is 101 Å². The standard InChI is InChI=1S/C58H79N9O9/c1-56(2)26-38(46(50(68)62(8)9)43(29-56)65-20-14-15-21-65)41(32-59)53(71)74-34-37(35-75-54(72)42(33-60)39-27-57(3,4)30-44(66-22-16-17-23-66)47(39)51(69)63(10)11)36-76-55(73)49(61-7)40-28-58(5,6)31-45(67-24-18-19-25-67)48(40)52(70)64(12)13/h37H,14-31,34-36H2,1-6,8-13H3/b41-38+,42-39+,49-40-. The molecule has 3 fully saturated rings. The Labute approximate surface area is 450 Å². The van der Waals surface area contributed by atoms with Crippen molar-refractivity contribution in [2.45, 2.75) is 119 Å². The zero-order valence-corrected chi connectivity index (χ0v) is 47.1. The Morgan fingerprint density at radius 1 is 0.500 bits per heavy atom. The second-order valence-electron chi connectivity index (χ2n) is 24.2. The van der Waals surface area contributed by atoms with Crippen molar-refractivity contribution in [3.05, 3.63) is 78.8 Å². The molecule has 0 radical (unpaired) electrons. The number of carbonyl (C=O) groups is 6. The number of hydrogen-bond acceptors (Lipinski definition) is 14. The summed E-state index contributed by atoms with van der Waals surface area (Å²) >= 11 is 0. The van der Waals surface area contributed by atoms with Crippen LogP contribution in [0.25, 0.3) is 4.85 Å². The van der Waals surface area contributed by atoms with Crippen LogP contribution in [0.1, 0.15) is 119 Å². The molecule has 410 valence electrons. The number of rotatable bonds is 15. The summed E-state index contributed by atoms with van der Waals surface area (Å²) in [7, 11) is 9.71. The van der Waals surface area contributed by atoms with E-state index in [2.05, 4.69) is 19.5 Å². The minimum absolute atomic E-state index is 0.224. The third-order valence-electron chi connectivity index (χ3n) is 15.2. The zero-order valence-electron chi connectivity index (χ0n) is 47.1. The third kappa shape index (κ3) is 13.2. The molecule has 18 nitrogen and oxygen atoms in total. The lowest BCUT2D eigenvalue weighted by molar-refractivity contribution is -0.148. The maximum atomic E-state index is 14.4. The molecule has 3 aliphatic heterocycles. The van der Waals surface area contributed by atoms with Gasteiger partial charge in [0.15, 0.2) is 0 Å². The highest BCUT2D eigenvalue weighted by Gasteiger charge is 2.43. The fourth-order valence-electron chi connectivity index (χ4n) is 11.5. The van der Waals surface area contributed by atoms with Crippen molar-refractivity contribution in [3.8, 4) is 12.1 Å². The van der Waals surface area contributed by atoms with Crippen LogP contribution in [0.5, 0.6) is 0 Å². The van der Waals surface area contributed by atoms with Crippen LogP contribution >= 0.6 is 0 Å². The van der Waals surface area contributed by atoms with Gasteiger partial charge in [-0.2, -0.15) is 10.5 Å². The molecule has 0 N–H and O–H groups in total. The average Bonchev–Trinajstić information content (AvgIpc) is 4.19. The number of likely N-dealkylation sites (tertiary alicyclic amines) is 3. The van der Waals surface area contributed by atoms with E-state index in [1.165, 1.54) is 14.7 Å². The highest BCUT2D eigenvalue weighted by molar-refractivity contribution is 6.05. The highest BCUT2D eigenvalue weighted by atomic mass is 16.6. The number of likely N-dealkylation sites (N-methyl/N-ethyl adjacent to an activating group) is 3. The van der Waals surface area contributed by atoms with Crippen LogP contribution in [0.2, 0.25) is 0 Å². The lowest BCUT2D eigenvalue weighted by Gasteiger charge is -2.39. The van der Waals surface area contributed by atoms with Crippen LogP contribution in [-0.4, -0.2) is 166 Å². The molecule has 0 saturated carbocycles. The zero-order chi connectivity index (χ0) is 56.0. The van der Waals surface area contributed by atoms with Gasteiger partial charge in [-0.1, -0.05) is 41.5 Å². The maximum absolute atomic E-state index is 14.4. The van der Waals surface area contributed by atoms with E-state index in [0.717, 1.165) is 94.9 Å². The van der Waals surface area contributed by atoms with Gasteiger partial charge in [0.2, 0.25) is 0 Å². The molecule has 76 heavy (non-hydrogen) atoms. The van der Waals surface area contributed by atoms with E-state index in [0.29, 0.717) is 24.8 Å². The number of nitrogens with zero attached hydrogens (tertiary/aromatic N) is 9. The first-order chi connectivity index (χ1) is 35.7. The highest BCUT2D eigenvalue weighted by Crippen LogP contribution is 2.48.